The molecule has 1 saturated heterocycles. The van der Waals surface area contributed by atoms with Crippen LogP contribution in [0, 0.1) is 5.82 Å². The minimum Gasteiger partial charge on any atom is -0.379 e. The quantitative estimate of drug-likeness (QED) is 0.627. The van der Waals surface area contributed by atoms with Crippen molar-refractivity contribution in [1.82, 2.24) is 19.4 Å². The molecule has 1 N–H and O–H groups in total. The minimum absolute atomic E-state index is 0.0707. The van der Waals surface area contributed by atoms with Crippen molar-refractivity contribution in [2.75, 3.05) is 26.3 Å². The van der Waals surface area contributed by atoms with Crippen LogP contribution in [0.3, 0.4) is 0 Å². The Morgan fingerprint density at radius 3 is 2.55 bits per heavy atom. The largest absolute Gasteiger partial charge is 0.379 e. The van der Waals surface area contributed by atoms with Crippen molar-refractivity contribution in [1.29, 1.82) is 0 Å². The van der Waals surface area contributed by atoms with E-state index in [4.69, 9.17) is 4.74 Å². The standard InChI is InChI=1S/C21H21FN4O4S/c22-19-7-4-17(14-20(19)31(28,29)25-10-12-30-13-11-25)21(27)23-15-16-2-5-18(6-3-16)26-9-1-8-24-26/h1-9,14H,10-13,15H2,(H,23,27). The van der Waals surface area contributed by atoms with Crippen LogP contribution in [0.1, 0.15) is 15.9 Å². The van der Waals surface area contributed by atoms with E-state index >= 15 is 0 Å². The highest BCUT2D eigenvalue weighted by molar-refractivity contribution is 7.89. The number of amides is 1. The van der Waals surface area contributed by atoms with Gasteiger partial charge in [0.15, 0.2) is 0 Å². The summed E-state index contributed by atoms with van der Waals surface area (Å²) in [5, 5.41) is 6.89. The van der Waals surface area contributed by atoms with Gasteiger partial charge in [0.25, 0.3) is 5.91 Å². The molecule has 1 aliphatic rings. The number of carbonyl (C=O) groups excluding carboxylic acids is 1. The van der Waals surface area contributed by atoms with E-state index in [9.17, 15) is 17.6 Å². The molecule has 3 aromatic rings. The Labute approximate surface area is 179 Å². The van der Waals surface area contributed by atoms with Crippen LogP contribution in [0.15, 0.2) is 65.8 Å². The van der Waals surface area contributed by atoms with Crippen LogP contribution < -0.4 is 5.32 Å². The number of ether oxygens (including phenoxy) is 1. The molecule has 10 heteroatoms. The first kappa shape index (κ1) is 21.2. The van der Waals surface area contributed by atoms with E-state index in [-0.39, 0.29) is 38.4 Å². The van der Waals surface area contributed by atoms with Gasteiger partial charge in [-0.3, -0.25) is 4.79 Å². The lowest BCUT2D eigenvalue weighted by atomic mass is 10.2. The first-order chi connectivity index (χ1) is 14.9. The molecule has 2 aromatic carbocycles. The monoisotopic (exact) mass is 444 g/mol. The summed E-state index contributed by atoms with van der Waals surface area (Å²) in [6.45, 7) is 1.03. The number of morpholine rings is 1. The number of nitrogens with zero attached hydrogens (tertiary/aromatic N) is 3. The third-order valence-electron chi connectivity index (χ3n) is 4.94. The van der Waals surface area contributed by atoms with Crippen molar-refractivity contribution in [3.8, 4) is 5.69 Å². The molecular formula is C21H21FN4O4S. The predicted octanol–water partition coefficient (Wildman–Crippen LogP) is 1.96. The van der Waals surface area contributed by atoms with E-state index in [2.05, 4.69) is 10.4 Å². The molecule has 162 valence electrons. The maximum Gasteiger partial charge on any atom is 0.251 e. The zero-order chi connectivity index (χ0) is 21.8. The van der Waals surface area contributed by atoms with Gasteiger partial charge in [-0.25, -0.2) is 17.5 Å². The Bertz CT molecular complexity index is 1160. The highest BCUT2D eigenvalue weighted by Crippen LogP contribution is 2.22. The second-order valence-corrected chi connectivity index (χ2v) is 8.87. The van der Waals surface area contributed by atoms with E-state index in [0.717, 1.165) is 27.7 Å². The Balaban J connectivity index is 1.46. The number of nitrogens with one attached hydrogen (secondary N) is 1. The first-order valence-electron chi connectivity index (χ1n) is 9.70. The Hall–Kier alpha value is -3.08. The van der Waals surface area contributed by atoms with Crippen molar-refractivity contribution in [3.63, 3.8) is 0 Å². The summed E-state index contributed by atoms with van der Waals surface area (Å²) in [7, 11) is -4.05. The smallest absolute Gasteiger partial charge is 0.251 e. The fraction of sp³-hybridized carbons (Fsp3) is 0.238. The summed E-state index contributed by atoms with van der Waals surface area (Å²) in [6, 6.07) is 12.6. The molecule has 8 nitrogen and oxygen atoms in total. The molecule has 0 bridgehead atoms. The van der Waals surface area contributed by atoms with Crippen molar-refractivity contribution >= 4 is 15.9 Å². The van der Waals surface area contributed by atoms with Gasteiger partial charge in [0, 0.05) is 37.6 Å². The molecule has 0 unspecified atom stereocenters. The summed E-state index contributed by atoms with van der Waals surface area (Å²) in [6.07, 6.45) is 3.51. The Morgan fingerprint density at radius 1 is 1.13 bits per heavy atom. The van der Waals surface area contributed by atoms with Crippen molar-refractivity contribution < 1.29 is 22.3 Å². The van der Waals surface area contributed by atoms with Gasteiger partial charge in [-0.1, -0.05) is 12.1 Å². The lowest BCUT2D eigenvalue weighted by molar-refractivity contribution is 0.0729. The summed E-state index contributed by atoms with van der Waals surface area (Å²) < 4.78 is 47.9. The van der Waals surface area contributed by atoms with Gasteiger partial charge in [-0.2, -0.15) is 9.40 Å². The Kier molecular flexibility index (Phi) is 6.12. The maximum atomic E-state index is 14.3. The van der Waals surface area contributed by atoms with Crippen LogP contribution in [0.2, 0.25) is 0 Å². The fourth-order valence-corrected chi connectivity index (χ4v) is 4.74. The number of benzene rings is 2. The molecule has 0 radical (unpaired) electrons. The number of rotatable bonds is 6. The molecule has 2 heterocycles. The molecular weight excluding hydrogens is 423 g/mol. The highest BCUT2D eigenvalue weighted by Gasteiger charge is 2.29. The SMILES string of the molecule is O=C(NCc1ccc(-n2cccn2)cc1)c1ccc(F)c(S(=O)(=O)N2CCOCC2)c1. The van der Waals surface area contributed by atoms with Gasteiger partial charge in [0.2, 0.25) is 10.0 Å². The molecule has 1 aromatic heterocycles. The number of hydrogen-bond donors (Lipinski definition) is 1. The molecule has 1 fully saturated rings. The summed E-state index contributed by atoms with van der Waals surface area (Å²) >= 11 is 0. The van der Waals surface area contributed by atoms with Crippen molar-refractivity contribution in [2.24, 2.45) is 0 Å². The van der Waals surface area contributed by atoms with Crippen LogP contribution >= 0.6 is 0 Å². The topological polar surface area (TPSA) is 93.5 Å². The zero-order valence-corrected chi connectivity index (χ0v) is 17.4. The molecule has 31 heavy (non-hydrogen) atoms. The first-order valence-corrected chi connectivity index (χ1v) is 11.1. The number of aromatic nitrogens is 2. The van der Waals surface area contributed by atoms with Crippen LogP contribution in [0.5, 0.6) is 0 Å². The fourth-order valence-electron chi connectivity index (χ4n) is 3.24. The van der Waals surface area contributed by atoms with Crippen LogP contribution in [0.4, 0.5) is 4.39 Å². The van der Waals surface area contributed by atoms with Gasteiger partial charge >= 0.3 is 0 Å². The van der Waals surface area contributed by atoms with E-state index in [0.29, 0.717) is 0 Å². The highest BCUT2D eigenvalue weighted by atomic mass is 32.2. The van der Waals surface area contributed by atoms with E-state index in [1.54, 1.807) is 10.9 Å². The minimum atomic E-state index is -4.05. The van der Waals surface area contributed by atoms with Gasteiger partial charge in [-0.15, -0.1) is 0 Å². The van der Waals surface area contributed by atoms with Crippen LogP contribution in [-0.2, 0) is 21.3 Å². The molecule has 0 saturated carbocycles. The molecule has 0 aliphatic carbocycles. The van der Waals surface area contributed by atoms with Gasteiger partial charge in [0.05, 0.1) is 18.9 Å². The summed E-state index contributed by atoms with van der Waals surface area (Å²) in [4.78, 5) is 12.1. The summed E-state index contributed by atoms with van der Waals surface area (Å²) in [5.74, 6) is -1.38. The van der Waals surface area contributed by atoms with Gasteiger partial charge in [-0.05, 0) is 42.0 Å². The predicted molar refractivity (Wildman–Crippen MR) is 111 cm³/mol. The summed E-state index contributed by atoms with van der Waals surface area (Å²) in [5.41, 5.74) is 1.81. The van der Waals surface area contributed by atoms with Crippen molar-refractivity contribution in [2.45, 2.75) is 11.4 Å². The number of halogens is 1. The Morgan fingerprint density at radius 2 is 1.87 bits per heavy atom. The number of carbonyl (C=O) groups is 1. The number of sulfonamides is 1. The van der Waals surface area contributed by atoms with Crippen molar-refractivity contribution in [3.05, 3.63) is 77.9 Å². The average Bonchev–Trinajstić information content (AvgIpc) is 3.33. The number of hydrogen-bond acceptors (Lipinski definition) is 5. The van der Waals surface area contributed by atoms with E-state index in [1.165, 1.54) is 6.07 Å². The second-order valence-electron chi connectivity index (χ2n) is 6.96. The molecule has 0 spiro atoms. The lowest BCUT2D eigenvalue weighted by Crippen LogP contribution is -2.41. The van der Waals surface area contributed by atoms with Gasteiger partial charge < -0.3 is 10.1 Å². The van der Waals surface area contributed by atoms with Crippen LogP contribution in [0.25, 0.3) is 5.69 Å². The third-order valence-corrected chi connectivity index (χ3v) is 6.85. The van der Waals surface area contributed by atoms with Crippen LogP contribution in [-0.4, -0.2) is 54.7 Å². The van der Waals surface area contributed by atoms with E-state index in [1.807, 2.05) is 36.5 Å². The average molecular weight is 444 g/mol. The molecule has 1 amide bonds. The normalized spacial score (nSPS) is 15.0. The zero-order valence-electron chi connectivity index (χ0n) is 16.6. The molecule has 0 atom stereocenters. The van der Waals surface area contributed by atoms with E-state index < -0.39 is 26.6 Å². The lowest BCUT2D eigenvalue weighted by Gasteiger charge is -2.26. The molecule has 1 aliphatic heterocycles. The maximum absolute atomic E-state index is 14.3. The second kappa shape index (κ2) is 8.96. The molecule has 4 rings (SSSR count). The third kappa shape index (κ3) is 4.66. The van der Waals surface area contributed by atoms with Gasteiger partial charge in [0.1, 0.15) is 10.7 Å².